The van der Waals surface area contributed by atoms with Gasteiger partial charge in [0, 0.05) is 16.7 Å². The number of hydrogen-bond donors (Lipinski definition) is 1. The molecule has 0 bridgehead atoms. The van der Waals surface area contributed by atoms with Crippen molar-refractivity contribution in [3.05, 3.63) is 52.2 Å². The molecule has 1 heterocycles. The minimum absolute atomic E-state index is 0.514. The van der Waals surface area contributed by atoms with Crippen LogP contribution in [0, 0.1) is 0 Å². The molecule has 2 aromatic rings. The molecular weight excluding hydrogens is 273 g/mol. The van der Waals surface area contributed by atoms with Crippen LogP contribution in [0.25, 0.3) is 17.4 Å². The van der Waals surface area contributed by atoms with Crippen LogP contribution in [0.15, 0.2) is 40.8 Å². The van der Waals surface area contributed by atoms with E-state index in [-0.39, 0.29) is 0 Å². The maximum absolute atomic E-state index is 10.6. The first-order valence-electron chi connectivity index (χ1n) is 5.09. The summed E-state index contributed by atoms with van der Waals surface area (Å²) in [6, 6.07) is 8.57. The highest BCUT2D eigenvalue weighted by atomic mass is 35.5. The fourth-order valence-corrected chi connectivity index (χ4v) is 1.82. The number of carbonyl (C=O) groups excluding carboxylic acids is 1. The largest absolute Gasteiger partial charge is 0.457 e. The summed E-state index contributed by atoms with van der Waals surface area (Å²) >= 11 is 12.0. The number of halogens is 2. The molecule has 18 heavy (non-hydrogen) atoms. The van der Waals surface area contributed by atoms with Gasteiger partial charge >= 0.3 is 0 Å². The highest BCUT2D eigenvalue weighted by molar-refractivity contribution is 6.35. The van der Waals surface area contributed by atoms with Crippen LogP contribution in [0.4, 0.5) is 0 Å². The summed E-state index contributed by atoms with van der Waals surface area (Å²) in [7, 11) is 0. The number of furan rings is 1. The molecule has 2 N–H and O–H groups in total. The van der Waals surface area contributed by atoms with Crippen molar-refractivity contribution in [2.75, 3.05) is 0 Å². The molecule has 0 atom stereocenters. The number of benzene rings is 1. The summed E-state index contributed by atoms with van der Waals surface area (Å²) in [4.78, 5) is 10.6. The maximum Gasteiger partial charge on any atom is 0.241 e. The van der Waals surface area contributed by atoms with Gasteiger partial charge in [-0.3, -0.25) is 4.79 Å². The van der Waals surface area contributed by atoms with Crippen LogP contribution in [0.2, 0.25) is 10.0 Å². The Bertz CT molecular complexity index is 617. The van der Waals surface area contributed by atoms with Crippen LogP contribution in [0.1, 0.15) is 5.76 Å². The van der Waals surface area contributed by atoms with Gasteiger partial charge in [-0.05, 0) is 36.4 Å². The monoisotopic (exact) mass is 281 g/mol. The Kier molecular flexibility index (Phi) is 3.75. The fourth-order valence-electron chi connectivity index (χ4n) is 1.44. The van der Waals surface area contributed by atoms with Crippen LogP contribution in [0.5, 0.6) is 0 Å². The summed E-state index contributed by atoms with van der Waals surface area (Å²) in [6.07, 6.45) is 2.71. The van der Waals surface area contributed by atoms with Gasteiger partial charge in [0.15, 0.2) is 0 Å². The summed E-state index contributed by atoms with van der Waals surface area (Å²) in [5, 5.41) is 1.11. The van der Waals surface area contributed by atoms with Crippen LogP contribution in [-0.4, -0.2) is 5.91 Å². The molecule has 0 aliphatic carbocycles. The van der Waals surface area contributed by atoms with Crippen molar-refractivity contribution in [3.63, 3.8) is 0 Å². The van der Waals surface area contributed by atoms with E-state index in [1.807, 2.05) is 0 Å². The average molecular weight is 282 g/mol. The molecule has 0 aliphatic heterocycles. The van der Waals surface area contributed by atoms with E-state index in [4.69, 9.17) is 33.4 Å². The topological polar surface area (TPSA) is 56.2 Å². The summed E-state index contributed by atoms with van der Waals surface area (Å²) in [6.45, 7) is 0. The summed E-state index contributed by atoms with van der Waals surface area (Å²) in [5.41, 5.74) is 5.69. The number of hydrogen-bond acceptors (Lipinski definition) is 2. The standard InChI is InChI=1S/C13H9Cl2NO2/c14-8-1-4-11(15)10(7-8)12-5-2-9(18-12)3-6-13(16)17/h1-7H,(H2,16,17)/b6-3+. The molecule has 3 nitrogen and oxygen atoms in total. The predicted octanol–water partition coefficient (Wildman–Crippen LogP) is 3.75. The second kappa shape index (κ2) is 5.29. The lowest BCUT2D eigenvalue weighted by molar-refractivity contribution is -0.113. The number of rotatable bonds is 3. The molecular formula is C13H9Cl2NO2. The van der Waals surface area contributed by atoms with Gasteiger partial charge < -0.3 is 10.2 Å². The van der Waals surface area contributed by atoms with E-state index < -0.39 is 5.91 Å². The zero-order valence-electron chi connectivity index (χ0n) is 9.19. The van der Waals surface area contributed by atoms with E-state index in [0.717, 1.165) is 0 Å². The van der Waals surface area contributed by atoms with Crippen LogP contribution in [0.3, 0.4) is 0 Å². The van der Waals surface area contributed by atoms with Gasteiger partial charge in [0.1, 0.15) is 11.5 Å². The van der Waals surface area contributed by atoms with Crippen molar-refractivity contribution in [2.24, 2.45) is 5.73 Å². The molecule has 1 amide bonds. The van der Waals surface area contributed by atoms with E-state index in [1.54, 1.807) is 30.3 Å². The molecule has 0 fully saturated rings. The Balaban J connectivity index is 2.35. The minimum atomic E-state index is -0.534. The Labute approximate surface area is 114 Å². The van der Waals surface area contributed by atoms with Crippen molar-refractivity contribution in [1.29, 1.82) is 0 Å². The third kappa shape index (κ3) is 2.94. The Morgan fingerprint density at radius 2 is 2.00 bits per heavy atom. The summed E-state index contributed by atoms with van der Waals surface area (Å²) in [5.74, 6) is 0.556. The van der Waals surface area contributed by atoms with Crippen molar-refractivity contribution >= 4 is 35.2 Å². The van der Waals surface area contributed by atoms with E-state index in [1.165, 1.54) is 12.2 Å². The van der Waals surface area contributed by atoms with Gasteiger partial charge in [0.2, 0.25) is 5.91 Å². The van der Waals surface area contributed by atoms with E-state index in [9.17, 15) is 4.79 Å². The van der Waals surface area contributed by atoms with Crippen LogP contribution in [-0.2, 0) is 4.79 Å². The van der Waals surface area contributed by atoms with E-state index in [2.05, 4.69) is 0 Å². The molecule has 0 unspecified atom stereocenters. The normalized spacial score (nSPS) is 11.0. The van der Waals surface area contributed by atoms with Gasteiger partial charge in [0.05, 0.1) is 5.02 Å². The highest BCUT2D eigenvalue weighted by Gasteiger charge is 2.08. The molecule has 0 radical (unpaired) electrons. The quantitative estimate of drug-likeness (QED) is 0.871. The zero-order valence-corrected chi connectivity index (χ0v) is 10.7. The van der Waals surface area contributed by atoms with Crippen LogP contribution < -0.4 is 5.73 Å². The average Bonchev–Trinajstić information content (AvgIpc) is 2.78. The number of carbonyl (C=O) groups is 1. The maximum atomic E-state index is 10.6. The molecule has 1 aromatic carbocycles. The minimum Gasteiger partial charge on any atom is -0.457 e. The Morgan fingerprint density at radius 3 is 2.72 bits per heavy atom. The molecule has 0 aliphatic rings. The van der Waals surface area contributed by atoms with Crippen molar-refractivity contribution in [3.8, 4) is 11.3 Å². The lowest BCUT2D eigenvalue weighted by Crippen LogP contribution is -2.04. The van der Waals surface area contributed by atoms with Gasteiger partial charge in [-0.25, -0.2) is 0 Å². The molecule has 0 saturated heterocycles. The Morgan fingerprint density at radius 1 is 1.22 bits per heavy atom. The molecule has 0 spiro atoms. The van der Waals surface area contributed by atoms with Crippen molar-refractivity contribution in [2.45, 2.75) is 0 Å². The second-order valence-corrected chi connectivity index (χ2v) is 4.41. The first kappa shape index (κ1) is 12.7. The molecule has 1 aromatic heterocycles. The van der Waals surface area contributed by atoms with Gasteiger partial charge in [-0.15, -0.1) is 0 Å². The smallest absolute Gasteiger partial charge is 0.241 e. The number of amides is 1. The van der Waals surface area contributed by atoms with Crippen molar-refractivity contribution < 1.29 is 9.21 Å². The predicted molar refractivity (Wildman–Crippen MR) is 72.4 cm³/mol. The van der Waals surface area contributed by atoms with Crippen LogP contribution >= 0.6 is 23.2 Å². The fraction of sp³-hybridized carbons (Fsp3) is 0. The van der Waals surface area contributed by atoms with Gasteiger partial charge in [-0.1, -0.05) is 23.2 Å². The SMILES string of the molecule is NC(=O)/C=C/c1ccc(-c2cc(Cl)ccc2Cl)o1. The molecule has 0 saturated carbocycles. The first-order chi connectivity index (χ1) is 8.56. The second-order valence-electron chi connectivity index (χ2n) is 3.56. The van der Waals surface area contributed by atoms with E-state index >= 15 is 0 Å². The van der Waals surface area contributed by atoms with Gasteiger partial charge in [-0.2, -0.15) is 0 Å². The number of nitrogens with two attached hydrogens (primary N) is 1. The molecule has 2 rings (SSSR count). The zero-order chi connectivity index (χ0) is 13.1. The lowest BCUT2D eigenvalue weighted by atomic mass is 10.2. The van der Waals surface area contributed by atoms with Gasteiger partial charge in [0.25, 0.3) is 0 Å². The highest BCUT2D eigenvalue weighted by Crippen LogP contribution is 2.31. The first-order valence-corrected chi connectivity index (χ1v) is 5.84. The van der Waals surface area contributed by atoms with E-state index in [0.29, 0.717) is 27.1 Å². The molecule has 5 heteroatoms. The Hall–Kier alpha value is -1.71. The number of primary amides is 1. The lowest BCUT2D eigenvalue weighted by Gasteiger charge is -2.00. The third-order valence-corrected chi connectivity index (χ3v) is 2.80. The summed E-state index contributed by atoms with van der Waals surface area (Å²) < 4.78 is 5.52. The third-order valence-electron chi connectivity index (χ3n) is 2.23. The molecule has 92 valence electrons. The van der Waals surface area contributed by atoms with Crippen molar-refractivity contribution in [1.82, 2.24) is 0 Å².